The van der Waals surface area contributed by atoms with E-state index in [2.05, 4.69) is 5.32 Å². The van der Waals surface area contributed by atoms with Gasteiger partial charge in [-0.15, -0.1) is 0 Å². The number of anilines is 1. The molecule has 1 heterocycles. The van der Waals surface area contributed by atoms with E-state index in [1.807, 2.05) is 6.92 Å². The van der Waals surface area contributed by atoms with E-state index in [1.165, 1.54) is 12.1 Å². The van der Waals surface area contributed by atoms with E-state index in [0.717, 1.165) is 19.8 Å². The van der Waals surface area contributed by atoms with Crippen LogP contribution in [0.5, 0.6) is 0 Å². The van der Waals surface area contributed by atoms with Gasteiger partial charge in [0.15, 0.2) is 0 Å². The molecule has 1 fully saturated rings. The van der Waals surface area contributed by atoms with Crippen LogP contribution in [0.4, 0.5) is 18.9 Å². The first-order valence-electron chi connectivity index (χ1n) is 10.0. The van der Waals surface area contributed by atoms with Gasteiger partial charge < -0.3 is 10.4 Å². The Balaban J connectivity index is 2.27. The molecule has 0 aromatic heterocycles. The summed E-state index contributed by atoms with van der Waals surface area (Å²) in [5.74, 6) is -3.52. The van der Waals surface area contributed by atoms with E-state index < -0.39 is 30.0 Å². The fourth-order valence-electron chi connectivity index (χ4n) is 3.73. The van der Waals surface area contributed by atoms with Crippen LogP contribution in [0, 0.1) is 11.8 Å². The number of rotatable bonds is 7. The number of carboxylic acids is 1. The summed E-state index contributed by atoms with van der Waals surface area (Å²) in [7, 11) is 0. The van der Waals surface area contributed by atoms with Gasteiger partial charge in [-0.3, -0.25) is 14.5 Å². The molecule has 1 amide bonds. The molecule has 5 nitrogen and oxygen atoms in total. The number of carbonyl (C=O) groups excluding carboxylic acids is 1. The second-order valence-corrected chi connectivity index (χ2v) is 8.63. The van der Waals surface area contributed by atoms with Crippen molar-refractivity contribution < 1.29 is 27.9 Å². The SMILES string of the molecule is CC1CCN([C@H](C(=O)Nc2cc([C@H](C)CC(=O)O)ccc2Cl)[C@H](C)C(F)(F)F)CC1. The Kier molecular flexibility index (Phi) is 8.16. The summed E-state index contributed by atoms with van der Waals surface area (Å²) < 4.78 is 40.5. The normalized spacial score (nSPS) is 19.2. The Bertz CT molecular complexity index is 764. The predicted octanol–water partition coefficient (Wildman–Crippen LogP) is 5.16. The molecule has 1 aromatic carbocycles. The second-order valence-electron chi connectivity index (χ2n) is 8.22. The first-order valence-corrected chi connectivity index (χ1v) is 10.4. The maximum Gasteiger partial charge on any atom is 0.393 e. The van der Waals surface area contributed by atoms with Gasteiger partial charge in [0, 0.05) is 0 Å². The molecule has 0 bridgehead atoms. The number of piperidine rings is 1. The molecule has 2 rings (SSSR count). The number of carbonyl (C=O) groups is 2. The van der Waals surface area contributed by atoms with Crippen LogP contribution in [-0.4, -0.2) is 47.2 Å². The molecular formula is C21H28ClF3N2O3. The topological polar surface area (TPSA) is 69.6 Å². The third-order valence-corrected chi connectivity index (χ3v) is 6.10. The van der Waals surface area contributed by atoms with Gasteiger partial charge in [-0.25, -0.2) is 0 Å². The summed E-state index contributed by atoms with van der Waals surface area (Å²) in [5, 5.41) is 11.7. The standard InChI is InChI=1S/C21H28ClF3N2O3/c1-12-6-8-27(9-7-12)19(14(3)21(23,24)25)20(30)26-17-11-15(4-5-16(17)22)13(2)10-18(28)29/h4-5,11-14,19H,6-10H2,1-3H3,(H,26,30)(H,28,29)/t13-,14+,19+/m1/s1. The van der Waals surface area contributed by atoms with Gasteiger partial charge in [0.2, 0.25) is 5.91 Å². The number of benzene rings is 1. The van der Waals surface area contributed by atoms with Crippen molar-refractivity contribution in [1.82, 2.24) is 4.90 Å². The molecule has 1 aromatic rings. The van der Waals surface area contributed by atoms with Crippen molar-refractivity contribution in [3.63, 3.8) is 0 Å². The second kappa shape index (κ2) is 10.0. The lowest BCUT2D eigenvalue weighted by Crippen LogP contribution is -2.54. The third-order valence-electron chi connectivity index (χ3n) is 5.77. The molecule has 0 radical (unpaired) electrons. The van der Waals surface area contributed by atoms with Crippen LogP contribution in [0.2, 0.25) is 5.02 Å². The first kappa shape index (κ1) is 24.5. The summed E-state index contributed by atoms with van der Waals surface area (Å²) in [4.78, 5) is 25.5. The molecule has 3 atom stereocenters. The molecule has 0 saturated carbocycles. The largest absolute Gasteiger partial charge is 0.481 e. The fraction of sp³-hybridized carbons (Fsp3) is 0.619. The minimum Gasteiger partial charge on any atom is -0.481 e. The summed E-state index contributed by atoms with van der Waals surface area (Å²) in [6.07, 6.45) is -3.17. The van der Waals surface area contributed by atoms with Crippen molar-refractivity contribution in [2.45, 2.75) is 58.2 Å². The number of amides is 1. The number of carboxylic acid groups (broad SMARTS) is 1. The molecule has 0 spiro atoms. The third kappa shape index (κ3) is 6.35. The number of nitrogens with zero attached hydrogens (tertiary/aromatic N) is 1. The van der Waals surface area contributed by atoms with Gasteiger partial charge in [-0.2, -0.15) is 13.2 Å². The smallest absolute Gasteiger partial charge is 0.393 e. The highest BCUT2D eigenvalue weighted by Gasteiger charge is 2.47. The zero-order chi connectivity index (χ0) is 22.6. The van der Waals surface area contributed by atoms with E-state index in [-0.39, 0.29) is 23.0 Å². The molecule has 0 unspecified atom stereocenters. The molecule has 168 valence electrons. The van der Waals surface area contributed by atoms with Crippen molar-refractivity contribution in [2.24, 2.45) is 11.8 Å². The van der Waals surface area contributed by atoms with E-state index >= 15 is 0 Å². The van der Waals surface area contributed by atoms with Crippen LogP contribution in [-0.2, 0) is 9.59 Å². The van der Waals surface area contributed by atoms with Gasteiger partial charge in [0.05, 0.1) is 23.0 Å². The van der Waals surface area contributed by atoms with E-state index in [9.17, 15) is 22.8 Å². The Labute approximate surface area is 179 Å². The number of hydrogen-bond donors (Lipinski definition) is 2. The lowest BCUT2D eigenvalue weighted by molar-refractivity contribution is -0.189. The number of likely N-dealkylation sites (tertiary alicyclic amines) is 1. The van der Waals surface area contributed by atoms with Crippen LogP contribution in [0.25, 0.3) is 0 Å². The maximum absolute atomic E-state index is 13.5. The van der Waals surface area contributed by atoms with E-state index in [4.69, 9.17) is 16.7 Å². The van der Waals surface area contributed by atoms with Gasteiger partial charge >= 0.3 is 12.1 Å². The Morgan fingerprint density at radius 2 is 1.87 bits per heavy atom. The van der Waals surface area contributed by atoms with Crippen LogP contribution >= 0.6 is 11.6 Å². The van der Waals surface area contributed by atoms with Crippen molar-refractivity contribution in [1.29, 1.82) is 0 Å². The highest BCUT2D eigenvalue weighted by atomic mass is 35.5. The molecule has 9 heteroatoms. The molecule has 30 heavy (non-hydrogen) atoms. The molecule has 2 N–H and O–H groups in total. The number of alkyl halides is 3. The van der Waals surface area contributed by atoms with Crippen LogP contribution in [0.1, 0.15) is 51.5 Å². The van der Waals surface area contributed by atoms with Gasteiger partial charge in [-0.05, 0) is 55.5 Å². The van der Waals surface area contributed by atoms with Crippen molar-refractivity contribution in [2.75, 3.05) is 18.4 Å². The maximum atomic E-state index is 13.5. The lowest BCUT2D eigenvalue weighted by atomic mass is 9.92. The summed E-state index contributed by atoms with van der Waals surface area (Å²) in [6.45, 7) is 5.62. The van der Waals surface area contributed by atoms with Crippen LogP contribution in [0.3, 0.4) is 0 Å². The molecule has 1 aliphatic heterocycles. The Morgan fingerprint density at radius 1 is 1.27 bits per heavy atom. The molecular weight excluding hydrogens is 421 g/mol. The minimum absolute atomic E-state index is 0.116. The molecule has 1 saturated heterocycles. The summed E-state index contributed by atoms with van der Waals surface area (Å²) in [5.41, 5.74) is 0.811. The Morgan fingerprint density at radius 3 is 2.40 bits per heavy atom. The number of halogens is 4. The van der Waals surface area contributed by atoms with Gasteiger partial charge in [-0.1, -0.05) is 38.4 Å². The van der Waals surface area contributed by atoms with Gasteiger partial charge in [0.25, 0.3) is 0 Å². The number of hydrogen-bond acceptors (Lipinski definition) is 3. The number of aliphatic carboxylic acids is 1. The molecule has 1 aliphatic rings. The van der Waals surface area contributed by atoms with Crippen LogP contribution < -0.4 is 5.32 Å². The minimum atomic E-state index is -4.52. The summed E-state index contributed by atoms with van der Waals surface area (Å²) >= 11 is 6.16. The highest BCUT2D eigenvalue weighted by Crippen LogP contribution is 2.34. The zero-order valence-corrected chi connectivity index (χ0v) is 18.1. The van der Waals surface area contributed by atoms with Crippen molar-refractivity contribution in [3.8, 4) is 0 Å². The van der Waals surface area contributed by atoms with E-state index in [0.29, 0.717) is 24.6 Å². The van der Waals surface area contributed by atoms with Crippen LogP contribution in [0.15, 0.2) is 18.2 Å². The van der Waals surface area contributed by atoms with Crippen molar-refractivity contribution >= 4 is 29.2 Å². The van der Waals surface area contributed by atoms with Crippen molar-refractivity contribution in [3.05, 3.63) is 28.8 Å². The van der Waals surface area contributed by atoms with E-state index in [1.54, 1.807) is 17.9 Å². The highest BCUT2D eigenvalue weighted by molar-refractivity contribution is 6.33. The number of nitrogens with one attached hydrogen (secondary N) is 1. The zero-order valence-electron chi connectivity index (χ0n) is 17.3. The average molecular weight is 449 g/mol. The average Bonchev–Trinajstić information content (AvgIpc) is 2.63. The fourth-order valence-corrected chi connectivity index (χ4v) is 3.89. The molecule has 0 aliphatic carbocycles. The first-order chi connectivity index (χ1) is 13.9. The monoisotopic (exact) mass is 448 g/mol. The van der Waals surface area contributed by atoms with Gasteiger partial charge in [0.1, 0.15) is 6.04 Å². The predicted molar refractivity (Wildman–Crippen MR) is 110 cm³/mol. The lowest BCUT2D eigenvalue weighted by Gasteiger charge is -2.39. The quantitative estimate of drug-likeness (QED) is 0.604. The Hall–Kier alpha value is -1.80. The summed E-state index contributed by atoms with van der Waals surface area (Å²) in [6, 6.07) is 3.32.